The average Bonchev–Trinajstić information content (AvgIpc) is 0.811. The third kappa shape index (κ3) is 5250. The molecule has 0 rings (SSSR count). The minimum absolute atomic E-state index is 2.87. The van der Waals surface area contributed by atoms with Crippen LogP contribution in [0.4, 0.5) is 0 Å². The highest BCUT2D eigenvalue weighted by molar-refractivity contribution is 7.30. The van der Waals surface area contributed by atoms with Crippen molar-refractivity contribution in [2.75, 3.05) is 0 Å². The lowest BCUT2D eigenvalue weighted by Crippen LogP contribution is -1.38. The molecule has 0 saturated heterocycles. The van der Waals surface area contributed by atoms with Crippen molar-refractivity contribution in [1.82, 2.24) is 0 Å². The quantitative estimate of drug-likeness (QED) is 0.391. The molecule has 0 atom stereocenters. The number of hydrogen-bond donors (Lipinski definition) is 2. The van der Waals surface area contributed by atoms with E-state index in [1.165, 1.54) is 0 Å². The summed E-state index contributed by atoms with van der Waals surface area (Å²) in [4.78, 5) is 14.2. The molecule has 0 amide bonds. The first kappa shape index (κ1) is 4.02. The molecule has 4 heavy (non-hydrogen) atoms. The summed E-state index contributed by atoms with van der Waals surface area (Å²) in [5, 5.41) is 0. The van der Waals surface area contributed by atoms with E-state index in [-0.39, 0.29) is 0 Å². The first-order valence-corrected chi connectivity index (χ1v) is 1.75. The Hall–Kier alpha value is 0.0200. The zero-order valence-electron chi connectivity index (χ0n) is 1.75. The van der Waals surface area contributed by atoms with Crippen molar-refractivity contribution in [3.05, 3.63) is 0 Å². The van der Waals surface area contributed by atoms with Gasteiger partial charge in [0.05, 0.1) is 0 Å². The second-order valence-corrected chi connectivity index (χ2v) is 0.758. The third-order valence-corrected chi connectivity index (χ3v) is 0. The molecule has 0 heterocycles. The van der Waals surface area contributed by atoms with Gasteiger partial charge in [-0.2, -0.15) is 0 Å². The third-order valence-electron chi connectivity index (χ3n) is 0. The summed E-state index contributed by atoms with van der Waals surface area (Å²) in [6, 6.07) is 0. The lowest BCUT2D eigenvalue weighted by molar-refractivity contribution is 0.405. The Labute approximate surface area is 23.8 Å². The second-order valence-electron chi connectivity index (χ2n) is 0.253. The highest BCUT2D eigenvalue weighted by atomic mass is 31.1. The van der Waals surface area contributed by atoms with Gasteiger partial charge >= 0.3 is 8.25 Å². The van der Waals surface area contributed by atoms with E-state index in [9.17, 15) is 0 Å². The normalized spacial score (nSPS) is 6.50. The van der Waals surface area contributed by atoms with Crippen molar-refractivity contribution < 1.29 is 14.4 Å². The lowest BCUT2D eigenvalue weighted by atomic mass is 15.8. The highest BCUT2D eigenvalue weighted by Crippen LogP contribution is 1.98. The zero-order valence-corrected chi connectivity index (χ0v) is 2.64. The number of hydrogen-bond acceptors (Lipinski definition) is 1. The van der Waals surface area contributed by atoms with Gasteiger partial charge in [-0.3, -0.25) is 9.79 Å². The highest BCUT2D eigenvalue weighted by Gasteiger charge is 1.65. The summed E-state index contributed by atoms with van der Waals surface area (Å²) >= 11 is 0. The molecular formula is H2O3P. The van der Waals surface area contributed by atoms with Gasteiger partial charge in [0.1, 0.15) is 0 Å². The molecule has 2 N–H and O–H groups in total. The molecule has 25 valence electrons. The molecule has 0 bridgehead atoms. The molecule has 4 heteroatoms. The van der Waals surface area contributed by atoms with Crippen LogP contribution in [0.15, 0.2) is 0 Å². The van der Waals surface area contributed by atoms with E-state index in [0.717, 1.165) is 0 Å². The largest absolute Gasteiger partial charge is 0.363 e. The molecule has 0 aromatic rings. The summed E-state index contributed by atoms with van der Waals surface area (Å²) in [5.74, 6) is 0. The minimum atomic E-state index is -2.87. The summed E-state index contributed by atoms with van der Waals surface area (Å²) in [6.45, 7) is 0. The van der Waals surface area contributed by atoms with Crippen LogP contribution in [0, 0.1) is 0 Å². The van der Waals surface area contributed by atoms with Gasteiger partial charge in [-0.05, 0) is 0 Å². The fourth-order valence-corrected chi connectivity index (χ4v) is 0. The van der Waals surface area contributed by atoms with Gasteiger partial charge in [-0.25, -0.2) is 4.57 Å². The molecular weight excluding hydrogens is 79.0 g/mol. The van der Waals surface area contributed by atoms with Gasteiger partial charge in [0.25, 0.3) is 0 Å². The fourth-order valence-electron chi connectivity index (χ4n) is 0. The first-order valence-electron chi connectivity index (χ1n) is 0.583. The van der Waals surface area contributed by atoms with Gasteiger partial charge in [-0.1, -0.05) is 0 Å². The van der Waals surface area contributed by atoms with E-state index in [4.69, 9.17) is 14.4 Å². The van der Waals surface area contributed by atoms with Gasteiger partial charge in [0, 0.05) is 0 Å². The molecule has 0 unspecified atom stereocenters. The maximum absolute atomic E-state index is 8.70. The Morgan fingerprint density at radius 3 is 1.50 bits per heavy atom. The first-order chi connectivity index (χ1) is 1.73. The predicted molar refractivity (Wildman–Crippen MR) is 12.0 cm³/mol. The van der Waals surface area contributed by atoms with Crippen LogP contribution >= 0.6 is 8.25 Å². The van der Waals surface area contributed by atoms with Crippen molar-refractivity contribution in [3.8, 4) is 0 Å². The monoisotopic (exact) mass is 81.0 g/mol. The summed E-state index contributed by atoms with van der Waals surface area (Å²) < 4.78 is 8.70. The van der Waals surface area contributed by atoms with Crippen LogP contribution in [-0.2, 0) is 4.57 Å². The van der Waals surface area contributed by atoms with Crippen LogP contribution < -0.4 is 0 Å². The maximum Gasteiger partial charge on any atom is 0.363 e. The van der Waals surface area contributed by atoms with E-state index in [1.54, 1.807) is 0 Å². The SMILES string of the molecule is O=[P](O)O. The van der Waals surface area contributed by atoms with Crippen molar-refractivity contribution in [3.63, 3.8) is 0 Å². The molecule has 0 fully saturated rings. The molecule has 0 aliphatic heterocycles. The Balaban J connectivity index is 2.80. The van der Waals surface area contributed by atoms with Crippen molar-refractivity contribution in [2.24, 2.45) is 0 Å². The van der Waals surface area contributed by atoms with E-state index in [0.29, 0.717) is 0 Å². The average molecular weight is 81.0 g/mol. The van der Waals surface area contributed by atoms with Crippen LogP contribution in [-0.4, -0.2) is 9.79 Å². The molecule has 0 aliphatic rings. The van der Waals surface area contributed by atoms with E-state index >= 15 is 0 Å². The Kier molecular flexibility index (Phi) is 1.36. The standard InChI is InChI=1S/H2O3P/c1-4(2)3/h(H2,1,2,3). The van der Waals surface area contributed by atoms with Gasteiger partial charge < -0.3 is 0 Å². The van der Waals surface area contributed by atoms with Gasteiger partial charge in [0.2, 0.25) is 0 Å². The van der Waals surface area contributed by atoms with Crippen LogP contribution in [0.1, 0.15) is 0 Å². The second kappa shape index (κ2) is 1.35. The topological polar surface area (TPSA) is 57.5 Å². The van der Waals surface area contributed by atoms with E-state index in [1.807, 2.05) is 0 Å². The summed E-state index contributed by atoms with van der Waals surface area (Å²) in [5.41, 5.74) is 0. The number of rotatable bonds is 0. The fraction of sp³-hybridized carbons (Fsp3) is 0. The molecule has 0 saturated carbocycles. The zero-order chi connectivity index (χ0) is 3.58. The maximum atomic E-state index is 8.70. The minimum Gasteiger partial charge on any atom is -0.298 e. The molecule has 3 nitrogen and oxygen atoms in total. The molecule has 1 radical (unpaired) electrons. The van der Waals surface area contributed by atoms with Crippen molar-refractivity contribution in [2.45, 2.75) is 0 Å². The molecule has 0 aliphatic carbocycles. The van der Waals surface area contributed by atoms with Crippen LogP contribution in [0.3, 0.4) is 0 Å². The van der Waals surface area contributed by atoms with Crippen LogP contribution in [0.2, 0.25) is 0 Å². The van der Waals surface area contributed by atoms with Crippen LogP contribution in [0.25, 0.3) is 0 Å². The van der Waals surface area contributed by atoms with Crippen LogP contribution in [0.5, 0.6) is 0 Å². The van der Waals surface area contributed by atoms with E-state index < -0.39 is 8.25 Å². The smallest absolute Gasteiger partial charge is 0.298 e. The summed E-state index contributed by atoms with van der Waals surface area (Å²) in [7, 11) is -2.87. The molecule has 0 spiro atoms. The summed E-state index contributed by atoms with van der Waals surface area (Å²) in [6.07, 6.45) is 0. The molecule has 0 aromatic heterocycles. The predicted octanol–water partition coefficient (Wildman–Crippen LogP) is -0.372. The Morgan fingerprint density at radius 1 is 1.50 bits per heavy atom. The Bertz CT molecular complexity index is 26.3. The van der Waals surface area contributed by atoms with E-state index in [2.05, 4.69) is 0 Å². The van der Waals surface area contributed by atoms with Gasteiger partial charge in [-0.15, -0.1) is 0 Å². The van der Waals surface area contributed by atoms with Crippen molar-refractivity contribution in [1.29, 1.82) is 0 Å². The van der Waals surface area contributed by atoms with Crippen molar-refractivity contribution >= 4 is 8.25 Å². The molecule has 0 aromatic carbocycles. The Morgan fingerprint density at radius 2 is 1.50 bits per heavy atom. The van der Waals surface area contributed by atoms with Gasteiger partial charge in [0.15, 0.2) is 0 Å². The lowest BCUT2D eigenvalue weighted by Gasteiger charge is -1.57.